The van der Waals surface area contributed by atoms with Gasteiger partial charge in [0.1, 0.15) is 36.8 Å². The van der Waals surface area contributed by atoms with Crippen LogP contribution in [0.4, 0.5) is 0 Å². The summed E-state index contributed by atoms with van der Waals surface area (Å²) in [6.07, 6.45) is 53.2. The molecule has 0 bridgehead atoms. The van der Waals surface area contributed by atoms with Gasteiger partial charge in [-0.2, -0.15) is 8.42 Å². The van der Waals surface area contributed by atoms with Gasteiger partial charge in [0.15, 0.2) is 12.4 Å². The van der Waals surface area contributed by atoms with E-state index in [4.69, 9.17) is 18.9 Å². The summed E-state index contributed by atoms with van der Waals surface area (Å²) in [5.41, 5.74) is 0. The molecular weight excluding hydrogens is 909 g/mol. The highest BCUT2D eigenvalue weighted by Crippen LogP contribution is 2.24. The van der Waals surface area contributed by atoms with Crippen LogP contribution in [0.15, 0.2) is 97.2 Å². The van der Waals surface area contributed by atoms with Crippen molar-refractivity contribution in [2.24, 2.45) is 0 Å². The molecule has 0 radical (unpaired) electrons. The molecule has 0 spiro atoms. The lowest BCUT2D eigenvalue weighted by Gasteiger charge is -2.40. The van der Waals surface area contributed by atoms with E-state index in [-0.39, 0.29) is 19.4 Å². The number of carbonyl (C=O) groups is 2. The minimum Gasteiger partial charge on any atom is -0.462 e. The summed E-state index contributed by atoms with van der Waals surface area (Å²) in [5.74, 6) is -2.10. The fourth-order valence-electron chi connectivity index (χ4n) is 7.56. The molecule has 13 heteroatoms. The van der Waals surface area contributed by atoms with Crippen LogP contribution in [0.5, 0.6) is 0 Å². The second kappa shape index (κ2) is 45.4. The molecule has 12 nitrogen and oxygen atoms in total. The van der Waals surface area contributed by atoms with Gasteiger partial charge in [-0.1, -0.05) is 195 Å². The molecule has 0 aromatic heterocycles. The Morgan fingerprint density at radius 3 is 1.40 bits per heavy atom. The van der Waals surface area contributed by atoms with E-state index < -0.39 is 71.2 Å². The largest absolute Gasteiger partial charge is 0.462 e. The monoisotopic (exact) mass is 1000 g/mol. The zero-order chi connectivity index (χ0) is 51.2. The van der Waals surface area contributed by atoms with Gasteiger partial charge in [0.05, 0.1) is 6.61 Å². The van der Waals surface area contributed by atoms with Gasteiger partial charge in [0, 0.05) is 12.8 Å². The second-order valence-electron chi connectivity index (χ2n) is 18.2. The first-order valence-electron chi connectivity index (χ1n) is 26.8. The van der Waals surface area contributed by atoms with Gasteiger partial charge < -0.3 is 34.3 Å². The van der Waals surface area contributed by atoms with Crippen LogP contribution in [0, 0.1) is 0 Å². The van der Waals surface area contributed by atoms with Crippen LogP contribution in [0.3, 0.4) is 0 Å². The van der Waals surface area contributed by atoms with Crippen molar-refractivity contribution in [2.75, 3.05) is 19.0 Å². The molecule has 1 aliphatic heterocycles. The molecule has 6 atom stereocenters. The van der Waals surface area contributed by atoms with Crippen molar-refractivity contribution in [1.82, 2.24) is 0 Å². The third-order valence-corrected chi connectivity index (χ3v) is 12.4. The van der Waals surface area contributed by atoms with Crippen molar-refractivity contribution in [3.63, 3.8) is 0 Å². The van der Waals surface area contributed by atoms with Gasteiger partial charge in [0.25, 0.3) is 10.1 Å². The second-order valence-corrected chi connectivity index (χ2v) is 19.7. The van der Waals surface area contributed by atoms with Crippen LogP contribution in [0.25, 0.3) is 0 Å². The molecule has 1 fully saturated rings. The predicted molar refractivity (Wildman–Crippen MR) is 284 cm³/mol. The van der Waals surface area contributed by atoms with E-state index in [0.29, 0.717) is 19.3 Å². The van der Waals surface area contributed by atoms with Gasteiger partial charge in [-0.05, 0) is 83.5 Å². The van der Waals surface area contributed by atoms with E-state index in [2.05, 4.69) is 92.8 Å². The first kappa shape index (κ1) is 64.6. The Morgan fingerprint density at radius 2 is 0.929 bits per heavy atom. The number of carbonyl (C=O) groups excluding carboxylic acids is 2. The number of hydrogen-bond acceptors (Lipinski definition) is 11. The molecule has 1 saturated heterocycles. The van der Waals surface area contributed by atoms with Crippen LogP contribution < -0.4 is 0 Å². The maximum Gasteiger partial charge on any atom is 0.306 e. The molecule has 0 saturated carbocycles. The molecule has 0 aromatic rings. The van der Waals surface area contributed by atoms with Crippen molar-refractivity contribution < 1.29 is 56.8 Å². The fraction of sp³-hybridized carbons (Fsp3) is 0.684. The summed E-state index contributed by atoms with van der Waals surface area (Å²) in [4.78, 5) is 25.5. The van der Waals surface area contributed by atoms with Crippen LogP contribution in [-0.2, 0) is 38.7 Å². The lowest BCUT2D eigenvalue weighted by molar-refractivity contribution is -0.297. The maximum absolute atomic E-state index is 12.8. The Hall–Kier alpha value is -3.43. The van der Waals surface area contributed by atoms with E-state index in [1.165, 1.54) is 83.5 Å². The van der Waals surface area contributed by atoms with Gasteiger partial charge in [-0.15, -0.1) is 0 Å². The Labute approximate surface area is 423 Å². The number of rotatable bonds is 44. The van der Waals surface area contributed by atoms with E-state index >= 15 is 0 Å². The molecule has 4 N–H and O–H groups in total. The van der Waals surface area contributed by atoms with Gasteiger partial charge in [-0.3, -0.25) is 14.1 Å². The van der Waals surface area contributed by atoms with Crippen LogP contribution in [0.2, 0.25) is 0 Å². The van der Waals surface area contributed by atoms with Gasteiger partial charge in [-0.25, -0.2) is 0 Å². The number of esters is 2. The molecule has 1 rings (SSSR count). The Balaban J connectivity index is 2.40. The summed E-state index contributed by atoms with van der Waals surface area (Å²) in [5, 5.41) is 31.0. The summed E-state index contributed by atoms with van der Waals surface area (Å²) >= 11 is 0. The molecule has 0 aliphatic carbocycles. The van der Waals surface area contributed by atoms with Crippen molar-refractivity contribution in [1.29, 1.82) is 0 Å². The SMILES string of the molecule is CC/C=C\C/C=C\C/C=C\C/C=C\C/C=C\C/C=C\CCC(=O)OC(COC(=O)CCCCCCCCCCCCC/C=C\C/C=C\CCCCCCC)COC1OC(CS(=O)(=O)O)C(O)C(O)C1O. The molecular formula is C57H94O12S. The first-order valence-corrected chi connectivity index (χ1v) is 28.4. The predicted octanol–water partition coefficient (Wildman–Crippen LogP) is 12.6. The average molecular weight is 1000 g/mol. The topological polar surface area (TPSA) is 186 Å². The molecule has 70 heavy (non-hydrogen) atoms. The zero-order valence-corrected chi connectivity index (χ0v) is 43.9. The van der Waals surface area contributed by atoms with Gasteiger partial charge in [0.2, 0.25) is 0 Å². The van der Waals surface area contributed by atoms with Crippen LogP contribution >= 0.6 is 0 Å². The normalized spacial score (nSPS) is 19.8. The van der Waals surface area contributed by atoms with Crippen LogP contribution in [0.1, 0.15) is 194 Å². The van der Waals surface area contributed by atoms with E-state index in [9.17, 15) is 37.9 Å². The smallest absolute Gasteiger partial charge is 0.306 e. The summed E-state index contributed by atoms with van der Waals surface area (Å²) in [6, 6.07) is 0. The average Bonchev–Trinajstić information content (AvgIpc) is 3.33. The number of aliphatic hydroxyl groups is 3. The van der Waals surface area contributed by atoms with E-state index in [1.54, 1.807) is 0 Å². The molecule has 400 valence electrons. The van der Waals surface area contributed by atoms with Crippen molar-refractivity contribution >= 4 is 22.1 Å². The lowest BCUT2D eigenvalue weighted by atomic mass is 10.00. The Morgan fingerprint density at radius 1 is 0.500 bits per heavy atom. The van der Waals surface area contributed by atoms with Crippen molar-refractivity contribution in [3.8, 4) is 0 Å². The number of aliphatic hydroxyl groups excluding tert-OH is 3. The van der Waals surface area contributed by atoms with Crippen molar-refractivity contribution in [2.45, 2.75) is 230 Å². The molecule has 1 heterocycles. The van der Waals surface area contributed by atoms with Crippen molar-refractivity contribution in [3.05, 3.63) is 97.2 Å². The minimum absolute atomic E-state index is 0.0339. The Kier molecular flexibility index (Phi) is 41.9. The fourth-order valence-corrected chi connectivity index (χ4v) is 8.25. The summed E-state index contributed by atoms with van der Waals surface area (Å²) in [7, 11) is -4.62. The highest BCUT2D eigenvalue weighted by molar-refractivity contribution is 7.85. The Bertz CT molecular complexity index is 1650. The third-order valence-electron chi connectivity index (χ3n) is 11.7. The molecule has 0 aromatic carbocycles. The van der Waals surface area contributed by atoms with Crippen LogP contribution in [-0.4, -0.2) is 96.0 Å². The maximum atomic E-state index is 12.8. The standard InChI is InChI=1S/C57H94O12S/c1-3-5-7-9-11-13-15-17-19-21-23-24-25-26-28-29-31-33-35-37-39-41-43-45-52(58)66-47-50(48-67-57-56(62)55(61)54(60)51(69-57)49-70(63,64)65)68-53(59)46-44-42-40-38-36-34-32-30-27-22-20-18-16-14-12-10-8-6-4-2/h6,8,12,14-15,17-18,20-21,23,27,30,34,36,40,42,50-51,54-57,60-62H,3-5,7,9-11,13,16,19,22,24-26,28-29,31-33,35,37-39,41,43-49H2,1-2H3,(H,63,64,65)/b8-6-,14-12-,17-15-,20-18-,23-21-,30-27-,36-34-,42-40-. The molecule has 1 aliphatic rings. The first-order chi connectivity index (χ1) is 34.0. The highest BCUT2D eigenvalue weighted by Gasteiger charge is 2.46. The summed E-state index contributed by atoms with van der Waals surface area (Å²) in [6.45, 7) is 3.59. The number of unbranched alkanes of at least 4 members (excludes halogenated alkanes) is 16. The van der Waals surface area contributed by atoms with E-state index in [0.717, 1.165) is 64.2 Å². The van der Waals surface area contributed by atoms with Gasteiger partial charge >= 0.3 is 11.9 Å². The van der Waals surface area contributed by atoms with E-state index in [1.807, 2.05) is 18.2 Å². The molecule has 0 amide bonds. The number of hydrogen-bond donors (Lipinski definition) is 4. The number of allylic oxidation sites excluding steroid dienone is 16. The third kappa shape index (κ3) is 39.2. The number of ether oxygens (including phenoxy) is 4. The summed E-state index contributed by atoms with van der Waals surface area (Å²) < 4.78 is 54.2. The molecule has 6 unspecified atom stereocenters. The quantitative estimate of drug-likeness (QED) is 0.0196. The lowest BCUT2D eigenvalue weighted by Crippen LogP contribution is -2.60. The minimum atomic E-state index is -4.62. The zero-order valence-electron chi connectivity index (χ0n) is 43.1. The highest BCUT2D eigenvalue weighted by atomic mass is 32.2.